The summed E-state index contributed by atoms with van der Waals surface area (Å²) in [5.41, 5.74) is 1.73. The Morgan fingerprint density at radius 1 is 1.44 bits per heavy atom. The first kappa shape index (κ1) is 11.2. The lowest BCUT2D eigenvalue weighted by atomic mass is 10.3. The zero-order valence-electron chi connectivity index (χ0n) is 8.89. The molecule has 0 amide bonds. The van der Waals surface area contributed by atoms with Crippen molar-refractivity contribution in [2.24, 2.45) is 0 Å². The van der Waals surface area contributed by atoms with Gasteiger partial charge in [0.05, 0.1) is 13.2 Å². The van der Waals surface area contributed by atoms with Crippen molar-refractivity contribution >= 4 is 22.9 Å². The largest absolute Gasteiger partial charge is 0.431 e. The number of ether oxygens (including phenoxy) is 1. The molecule has 0 spiro atoms. The Morgan fingerprint density at radius 3 is 3.12 bits per heavy atom. The Balaban J connectivity index is 1.87. The number of para-hydroxylation sites is 2. The van der Waals surface area contributed by atoms with Gasteiger partial charge in [-0.3, -0.25) is 0 Å². The molecular weight excluding hydrogens is 222 g/mol. The van der Waals surface area contributed by atoms with Crippen molar-refractivity contribution in [1.82, 2.24) is 4.98 Å². The average molecular weight is 235 g/mol. The van der Waals surface area contributed by atoms with Gasteiger partial charge in [-0.15, -0.1) is 6.58 Å². The first-order valence-electron chi connectivity index (χ1n) is 5.07. The van der Waals surface area contributed by atoms with Crippen molar-refractivity contribution in [3.63, 3.8) is 0 Å². The van der Waals surface area contributed by atoms with E-state index in [1.54, 1.807) is 17.8 Å². The maximum Gasteiger partial charge on any atom is 0.256 e. The normalized spacial score (nSPS) is 10.8. The SMILES string of the molecule is C=CCOCCSc1nc2ccccc2o1. The summed E-state index contributed by atoms with van der Waals surface area (Å²) in [7, 11) is 0. The smallest absolute Gasteiger partial charge is 0.256 e. The van der Waals surface area contributed by atoms with E-state index in [0.717, 1.165) is 16.9 Å². The van der Waals surface area contributed by atoms with Crippen molar-refractivity contribution in [1.29, 1.82) is 0 Å². The number of fused-ring (bicyclic) bond motifs is 1. The highest BCUT2D eigenvalue weighted by molar-refractivity contribution is 7.99. The molecule has 0 aliphatic heterocycles. The Morgan fingerprint density at radius 2 is 2.31 bits per heavy atom. The van der Waals surface area contributed by atoms with Gasteiger partial charge in [-0.1, -0.05) is 30.0 Å². The van der Waals surface area contributed by atoms with E-state index in [0.29, 0.717) is 18.4 Å². The topological polar surface area (TPSA) is 35.3 Å². The third-order valence-electron chi connectivity index (χ3n) is 1.96. The number of aromatic nitrogens is 1. The van der Waals surface area contributed by atoms with Gasteiger partial charge in [-0.2, -0.15) is 0 Å². The fraction of sp³-hybridized carbons (Fsp3) is 0.250. The van der Waals surface area contributed by atoms with E-state index < -0.39 is 0 Å². The van der Waals surface area contributed by atoms with Crippen LogP contribution in [0.3, 0.4) is 0 Å². The molecule has 16 heavy (non-hydrogen) atoms. The molecule has 0 atom stereocenters. The first-order valence-corrected chi connectivity index (χ1v) is 6.06. The van der Waals surface area contributed by atoms with E-state index in [4.69, 9.17) is 9.15 Å². The molecule has 0 saturated heterocycles. The van der Waals surface area contributed by atoms with E-state index in [2.05, 4.69) is 11.6 Å². The summed E-state index contributed by atoms with van der Waals surface area (Å²) in [6, 6.07) is 7.75. The number of nitrogens with zero attached hydrogens (tertiary/aromatic N) is 1. The van der Waals surface area contributed by atoms with Crippen LogP contribution in [0.4, 0.5) is 0 Å². The summed E-state index contributed by atoms with van der Waals surface area (Å²) in [6.45, 7) is 4.85. The Hall–Kier alpha value is -1.26. The van der Waals surface area contributed by atoms with Gasteiger partial charge >= 0.3 is 0 Å². The number of thioether (sulfide) groups is 1. The van der Waals surface area contributed by atoms with Crippen LogP contribution in [0.5, 0.6) is 0 Å². The molecule has 0 aliphatic rings. The van der Waals surface area contributed by atoms with Crippen molar-refractivity contribution in [2.45, 2.75) is 5.22 Å². The highest BCUT2D eigenvalue weighted by atomic mass is 32.2. The summed E-state index contributed by atoms with van der Waals surface area (Å²) in [6.07, 6.45) is 1.74. The summed E-state index contributed by atoms with van der Waals surface area (Å²) in [4.78, 5) is 4.35. The fourth-order valence-corrected chi connectivity index (χ4v) is 1.95. The molecule has 0 unspecified atom stereocenters. The second-order valence-corrected chi connectivity index (χ2v) is 4.21. The van der Waals surface area contributed by atoms with E-state index >= 15 is 0 Å². The third kappa shape index (κ3) is 2.87. The quantitative estimate of drug-likeness (QED) is 0.438. The first-order chi connectivity index (χ1) is 7.90. The molecule has 0 N–H and O–H groups in total. The molecule has 4 heteroatoms. The summed E-state index contributed by atoms with van der Waals surface area (Å²) >= 11 is 1.56. The van der Waals surface area contributed by atoms with E-state index in [1.165, 1.54) is 0 Å². The number of rotatable bonds is 6. The van der Waals surface area contributed by atoms with Gasteiger partial charge in [0, 0.05) is 5.75 Å². The standard InChI is InChI=1S/C12H13NO2S/c1-2-7-14-8-9-16-12-13-10-5-3-4-6-11(10)15-12/h2-6H,1,7-9H2. The molecular formula is C12H13NO2S. The lowest BCUT2D eigenvalue weighted by Gasteiger charge is -1.97. The van der Waals surface area contributed by atoms with Crippen LogP contribution < -0.4 is 0 Å². The molecule has 1 aromatic heterocycles. The van der Waals surface area contributed by atoms with Crippen molar-refractivity contribution in [3.8, 4) is 0 Å². The molecule has 0 bridgehead atoms. The van der Waals surface area contributed by atoms with E-state index in [9.17, 15) is 0 Å². The second kappa shape index (κ2) is 5.72. The van der Waals surface area contributed by atoms with E-state index in [-0.39, 0.29) is 0 Å². The van der Waals surface area contributed by atoms with Crippen LogP contribution in [0.15, 0.2) is 46.6 Å². The van der Waals surface area contributed by atoms with Crippen LogP contribution in [0.2, 0.25) is 0 Å². The molecule has 0 aliphatic carbocycles. The lowest BCUT2D eigenvalue weighted by molar-refractivity contribution is 0.180. The molecule has 2 aromatic rings. The maximum atomic E-state index is 5.55. The number of hydrogen-bond acceptors (Lipinski definition) is 4. The van der Waals surface area contributed by atoms with Gasteiger partial charge in [0.25, 0.3) is 5.22 Å². The predicted molar refractivity (Wildman–Crippen MR) is 65.7 cm³/mol. The maximum absolute atomic E-state index is 5.55. The summed E-state index contributed by atoms with van der Waals surface area (Å²) in [5, 5.41) is 0.698. The Bertz CT molecular complexity index is 434. The van der Waals surface area contributed by atoms with Crippen molar-refractivity contribution in [3.05, 3.63) is 36.9 Å². The summed E-state index contributed by atoms with van der Waals surface area (Å²) < 4.78 is 10.8. The average Bonchev–Trinajstić information content (AvgIpc) is 2.71. The van der Waals surface area contributed by atoms with E-state index in [1.807, 2.05) is 24.3 Å². The zero-order valence-corrected chi connectivity index (χ0v) is 9.70. The van der Waals surface area contributed by atoms with Gasteiger partial charge in [-0.05, 0) is 12.1 Å². The molecule has 3 nitrogen and oxygen atoms in total. The van der Waals surface area contributed by atoms with Crippen LogP contribution in [-0.4, -0.2) is 24.0 Å². The minimum atomic E-state index is 0.591. The molecule has 1 heterocycles. The third-order valence-corrected chi connectivity index (χ3v) is 2.76. The fourth-order valence-electron chi connectivity index (χ4n) is 1.27. The number of oxazole rings is 1. The van der Waals surface area contributed by atoms with Crippen LogP contribution in [0, 0.1) is 0 Å². The van der Waals surface area contributed by atoms with Gasteiger partial charge in [0.2, 0.25) is 0 Å². The highest BCUT2D eigenvalue weighted by Crippen LogP contribution is 2.22. The molecule has 0 radical (unpaired) electrons. The Labute approximate surface area is 98.5 Å². The van der Waals surface area contributed by atoms with Crippen LogP contribution in [-0.2, 0) is 4.74 Å². The van der Waals surface area contributed by atoms with Crippen molar-refractivity contribution in [2.75, 3.05) is 19.0 Å². The molecule has 0 saturated carbocycles. The van der Waals surface area contributed by atoms with Gasteiger partial charge in [0.1, 0.15) is 5.52 Å². The highest BCUT2D eigenvalue weighted by Gasteiger charge is 2.04. The predicted octanol–water partition coefficient (Wildman–Crippen LogP) is 3.12. The zero-order chi connectivity index (χ0) is 11.2. The lowest BCUT2D eigenvalue weighted by Crippen LogP contribution is -1.96. The minimum absolute atomic E-state index is 0.591. The molecule has 1 aromatic carbocycles. The minimum Gasteiger partial charge on any atom is -0.431 e. The molecule has 0 fully saturated rings. The monoisotopic (exact) mass is 235 g/mol. The van der Waals surface area contributed by atoms with Gasteiger partial charge in [0.15, 0.2) is 5.58 Å². The van der Waals surface area contributed by atoms with Gasteiger partial charge < -0.3 is 9.15 Å². The summed E-state index contributed by atoms with van der Waals surface area (Å²) in [5.74, 6) is 0.834. The van der Waals surface area contributed by atoms with Gasteiger partial charge in [-0.25, -0.2) is 4.98 Å². The number of hydrogen-bond donors (Lipinski definition) is 0. The number of benzene rings is 1. The second-order valence-electron chi connectivity index (χ2n) is 3.16. The van der Waals surface area contributed by atoms with Crippen LogP contribution in [0.1, 0.15) is 0 Å². The van der Waals surface area contributed by atoms with Crippen LogP contribution >= 0.6 is 11.8 Å². The molecule has 84 valence electrons. The van der Waals surface area contributed by atoms with Crippen LogP contribution in [0.25, 0.3) is 11.1 Å². The van der Waals surface area contributed by atoms with Crippen molar-refractivity contribution < 1.29 is 9.15 Å². The molecule has 2 rings (SSSR count). The Kier molecular flexibility index (Phi) is 4.02.